The number of fused-ring (bicyclic) bond motifs is 1. The highest BCUT2D eigenvalue weighted by Crippen LogP contribution is 2.15. The van der Waals surface area contributed by atoms with Crippen LogP contribution in [0.3, 0.4) is 0 Å². The highest BCUT2D eigenvalue weighted by Gasteiger charge is 2.18. The summed E-state index contributed by atoms with van der Waals surface area (Å²) < 4.78 is 4.38. The van der Waals surface area contributed by atoms with Crippen molar-refractivity contribution in [2.75, 3.05) is 0 Å². The van der Waals surface area contributed by atoms with E-state index >= 15 is 0 Å². The molecule has 17 heavy (non-hydrogen) atoms. The van der Waals surface area contributed by atoms with E-state index in [0.717, 1.165) is 10.4 Å². The number of rotatable bonds is 1. The Morgan fingerprint density at radius 3 is 2.24 bits per heavy atom. The third kappa shape index (κ3) is 1.44. The van der Waals surface area contributed by atoms with Gasteiger partial charge in [0.25, 0.3) is 5.56 Å². The van der Waals surface area contributed by atoms with Crippen molar-refractivity contribution in [3.05, 3.63) is 26.7 Å². The molecule has 0 radical (unpaired) electrons. The van der Waals surface area contributed by atoms with E-state index in [1.807, 2.05) is 25.3 Å². The second-order valence-electron chi connectivity index (χ2n) is 4.50. The second-order valence-corrected chi connectivity index (χ2v) is 4.50. The van der Waals surface area contributed by atoms with E-state index in [1.165, 1.54) is 11.6 Å². The van der Waals surface area contributed by atoms with Crippen molar-refractivity contribution >= 4 is 11.2 Å². The molecule has 0 aliphatic carbocycles. The van der Waals surface area contributed by atoms with Crippen LogP contribution in [0.1, 0.15) is 25.7 Å². The van der Waals surface area contributed by atoms with Crippen LogP contribution in [0.2, 0.25) is 0 Å². The molecule has 0 atom stereocenters. The summed E-state index contributed by atoms with van der Waals surface area (Å²) in [5, 5.41) is 0. The lowest BCUT2D eigenvalue weighted by Crippen LogP contribution is -2.37. The number of hydrogen-bond donors (Lipinski definition) is 0. The summed E-state index contributed by atoms with van der Waals surface area (Å²) in [6.45, 7) is 5.81. The van der Waals surface area contributed by atoms with E-state index in [0.29, 0.717) is 11.2 Å². The van der Waals surface area contributed by atoms with Crippen LogP contribution >= 0.6 is 0 Å². The monoisotopic (exact) mass is 236 g/mol. The Morgan fingerprint density at radius 2 is 1.71 bits per heavy atom. The number of hydrogen-bond acceptors (Lipinski definition) is 3. The standard InChI is InChI=1S/C11H16N4O2/c1-6(2)15-7(3)12-9-8(15)10(16)14(5)11(17)13(9)4/h6H,1-5H3. The maximum absolute atomic E-state index is 12.1. The minimum absolute atomic E-state index is 0.130. The molecule has 0 aliphatic heterocycles. The SMILES string of the molecule is Cc1nc2c(c(=O)n(C)c(=O)n2C)n1C(C)C. The van der Waals surface area contributed by atoms with Crippen molar-refractivity contribution in [3.63, 3.8) is 0 Å². The molecule has 2 heterocycles. The maximum atomic E-state index is 12.1. The third-order valence-electron chi connectivity index (χ3n) is 2.98. The van der Waals surface area contributed by atoms with Gasteiger partial charge in [-0.25, -0.2) is 9.78 Å². The van der Waals surface area contributed by atoms with Gasteiger partial charge in [-0.1, -0.05) is 0 Å². The number of imidazole rings is 1. The molecule has 0 amide bonds. The van der Waals surface area contributed by atoms with Gasteiger partial charge in [0, 0.05) is 20.1 Å². The summed E-state index contributed by atoms with van der Waals surface area (Å²) in [5.74, 6) is 0.744. The molecule has 0 aromatic carbocycles. The van der Waals surface area contributed by atoms with Crippen LogP contribution in [0.4, 0.5) is 0 Å². The summed E-state index contributed by atoms with van der Waals surface area (Å²) >= 11 is 0. The average molecular weight is 236 g/mol. The van der Waals surface area contributed by atoms with Gasteiger partial charge in [0.2, 0.25) is 0 Å². The van der Waals surface area contributed by atoms with Gasteiger partial charge in [0.05, 0.1) is 0 Å². The zero-order valence-corrected chi connectivity index (χ0v) is 10.7. The molecular formula is C11H16N4O2. The highest BCUT2D eigenvalue weighted by molar-refractivity contribution is 5.71. The molecular weight excluding hydrogens is 220 g/mol. The van der Waals surface area contributed by atoms with E-state index in [4.69, 9.17) is 0 Å². The van der Waals surface area contributed by atoms with Gasteiger partial charge in [-0.3, -0.25) is 13.9 Å². The van der Waals surface area contributed by atoms with E-state index in [-0.39, 0.29) is 17.3 Å². The van der Waals surface area contributed by atoms with Crippen LogP contribution in [-0.2, 0) is 14.1 Å². The zero-order valence-electron chi connectivity index (χ0n) is 10.7. The first-order valence-corrected chi connectivity index (χ1v) is 5.50. The van der Waals surface area contributed by atoms with Gasteiger partial charge >= 0.3 is 5.69 Å². The lowest BCUT2D eigenvalue weighted by atomic mass is 10.3. The van der Waals surface area contributed by atoms with Crippen molar-refractivity contribution in [1.29, 1.82) is 0 Å². The molecule has 0 spiro atoms. The van der Waals surface area contributed by atoms with Crippen molar-refractivity contribution in [3.8, 4) is 0 Å². The molecule has 92 valence electrons. The second kappa shape index (κ2) is 3.58. The normalized spacial score (nSPS) is 11.6. The summed E-state index contributed by atoms with van der Waals surface area (Å²) in [7, 11) is 3.11. The Morgan fingerprint density at radius 1 is 1.12 bits per heavy atom. The van der Waals surface area contributed by atoms with Crippen LogP contribution in [-0.4, -0.2) is 18.7 Å². The van der Waals surface area contributed by atoms with Gasteiger partial charge < -0.3 is 4.57 Å². The van der Waals surface area contributed by atoms with Gasteiger partial charge in [0.1, 0.15) is 5.82 Å². The fraction of sp³-hybridized carbons (Fsp3) is 0.545. The van der Waals surface area contributed by atoms with E-state index in [2.05, 4.69) is 4.98 Å². The van der Waals surface area contributed by atoms with Crippen molar-refractivity contribution < 1.29 is 0 Å². The smallest absolute Gasteiger partial charge is 0.320 e. The number of aryl methyl sites for hydroxylation is 2. The van der Waals surface area contributed by atoms with Crippen LogP contribution in [0.5, 0.6) is 0 Å². The zero-order chi connectivity index (χ0) is 12.9. The van der Waals surface area contributed by atoms with Crippen molar-refractivity contribution in [2.24, 2.45) is 14.1 Å². The van der Waals surface area contributed by atoms with Crippen molar-refractivity contribution in [1.82, 2.24) is 18.7 Å². The topological polar surface area (TPSA) is 61.8 Å². The molecule has 0 aliphatic rings. The van der Waals surface area contributed by atoms with Crippen molar-refractivity contribution in [2.45, 2.75) is 26.8 Å². The molecule has 0 saturated carbocycles. The third-order valence-corrected chi connectivity index (χ3v) is 2.98. The van der Waals surface area contributed by atoms with Crippen LogP contribution in [0.25, 0.3) is 11.2 Å². The molecule has 2 aromatic heterocycles. The summed E-state index contributed by atoms with van der Waals surface area (Å²) in [5.41, 5.74) is 0.291. The first-order valence-electron chi connectivity index (χ1n) is 5.50. The summed E-state index contributed by atoms with van der Waals surface area (Å²) in [6, 6.07) is 0.130. The Bertz CT molecular complexity index is 703. The lowest BCUT2D eigenvalue weighted by Gasteiger charge is -2.10. The minimum Gasteiger partial charge on any atom is -0.320 e. The number of nitrogens with zero attached hydrogens (tertiary/aromatic N) is 4. The summed E-state index contributed by atoms with van der Waals surface area (Å²) in [6.07, 6.45) is 0. The molecule has 6 nitrogen and oxygen atoms in total. The molecule has 2 aromatic rings. The minimum atomic E-state index is -0.351. The van der Waals surface area contributed by atoms with Crippen LogP contribution in [0.15, 0.2) is 9.59 Å². The molecule has 6 heteroatoms. The molecule has 0 saturated heterocycles. The van der Waals surface area contributed by atoms with Gasteiger partial charge in [0.15, 0.2) is 11.2 Å². The Balaban J connectivity index is 3.13. The quantitative estimate of drug-likeness (QED) is 0.716. The Hall–Kier alpha value is -1.85. The molecule has 2 rings (SSSR count). The first kappa shape index (κ1) is 11.6. The average Bonchev–Trinajstić information content (AvgIpc) is 2.61. The molecule has 0 bridgehead atoms. The fourth-order valence-corrected chi connectivity index (χ4v) is 2.16. The van der Waals surface area contributed by atoms with E-state index in [1.54, 1.807) is 7.05 Å². The van der Waals surface area contributed by atoms with E-state index in [9.17, 15) is 9.59 Å². The highest BCUT2D eigenvalue weighted by atomic mass is 16.2. The van der Waals surface area contributed by atoms with Crippen LogP contribution < -0.4 is 11.2 Å². The summed E-state index contributed by atoms with van der Waals surface area (Å²) in [4.78, 5) is 28.2. The molecule has 0 N–H and O–H groups in total. The fourth-order valence-electron chi connectivity index (χ4n) is 2.16. The van der Waals surface area contributed by atoms with Crippen LogP contribution in [0, 0.1) is 6.92 Å². The lowest BCUT2D eigenvalue weighted by molar-refractivity contribution is 0.594. The van der Waals surface area contributed by atoms with Gasteiger partial charge in [-0.15, -0.1) is 0 Å². The largest absolute Gasteiger partial charge is 0.332 e. The van der Waals surface area contributed by atoms with E-state index < -0.39 is 0 Å². The Labute approximate surface area is 98.1 Å². The first-order chi connectivity index (χ1) is 7.86. The predicted molar refractivity (Wildman–Crippen MR) is 65.3 cm³/mol. The van der Waals surface area contributed by atoms with Gasteiger partial charge in [-0.2, -0.15) is 0 Å². The van der Waals surface area contributed by atoms with Gasteiger partial charge in [-0.05, 0) is 20.8 Å². The maximum Gasteiger partial charge on any atom is 0.332 e. The molecule has 0 fully saturated rings. The number of aromatic nitrogens is 4. The Kier molecular flexibility index (Phi) is 2.45. The molecule has 0 unspecified atom stereocenters. The predicted octanol–water partition coefficient (Wildman–Crippen LogP) is 0.323.